The highest BCUT2D eigenvalue weighted by atomic mass is 35.5. The van der Waals surface area contributed by atoms with Crippen LogP contribution in [0.3, 0.4) is 0 Å². The largest absolute Gasteiger partial charge is 0.305 e. The van der Waals surface area contributed by atoms with E-state index in [9.17, 15) is 0 Å². The van der Waals surface area contributed by atoms with Crippen molar-refractivity contribution in [1.82, 2.24) is 5.32 Å². The molecule has 1 N–H and O–H groups in total. The van der Waals surface area contributed by atoms with E-state index in [0.29, 0.717) is 6.04 Å². The molecule has 3 aromatic carbocycles. The maximum atomic E-state index is 5.97. The summed E-state index contributed by atoms with van der Waals surface area (Å²) in [5.41, 5.74) is 2.62. The Kier molecular flexibility index (Phi) is 6.36. The Balaban J connectivity index is 1.66. The molecule has 0 saturated heterocycles. The number of halogens is 1. The zero-order valence-corrected chi connectivity index (χ0v) is 14.9. The summed E-state index contributed by atoms with van der Waals surface area (Å²) in [5.74, 6) is 0.971. The molecule has 122 valence electrons. The maximum Gasteiger partial charge on any atom is 0.0417 e. The van der Waals surface area contributed by atoms with Crippen molar-refractivity contribution in [2.45, 2.75) is 17.5 Å². The van der Waals surface area contributed by atoms with Gasteiger partial charge in [-0.05, 0) is 35.4 Å². The van der Waals surface area contributed by atoms with Crippen LogP contribution in [0.1, 0.15) is 17.2 Å². The maximum absolute atomic E-state index is 5.97. The van der Waals surface area contributed by atoms with Gasteiger partial charge in [-0.2, -0.15) is 0 Å². The molecule has 0 spiro atoms. The molecule has 3 heteroatoms. The Morgan fingerprint density at radius 2 is 1.42 bits per heavy atom. The lowest BCUT2D eigenvalue weighted by atomic mass is 10.1. The molecule has 1 atom stereocenters. The van der Waals surface area contributed by atoms with Crippen LogP contribution in [-0.2, 0) is 6.54 Å². The second-order valence-electron chi connectivity index (χ2n) is 5.59. The van der Waals surface area contributed by atoms with Gasteiger partial charge in [-0.3, -0.25) is 0 Å². The van der Waals surface area contributed by atoms with Crippen LogP contribution in [0.15, 0.2) is 89.8 Å². The van der Waals surface area contributed by atoms with Gasteiger partial charge in [-0.15, -0.1) is 11.8 Å². The van der Waals surface area contributed by atoms with Crippen molar-refractivity contribution in [2.75, 3.05) is 5.75 Å². The summed E-state index contributed by atoms with van der Waals surface area (Å²) in [4.78, 5) is 1.24. The number of thioether (sulfide) groups is 1. The summed E-state index contributed by atoms with van der Waals surface area (Å²) in [6.45, 7) is 0.863. The quantitative estimate of drug-likeness (QED) is 0.525. The summed E-state index contributed by atoms with van der Waals surface area (Å²) < 4.78 is 0. The van der Waals surface area contributed by atoms with Crippen LogP contribution in [0, 0.1) is 0 Å². The second kappa shape index (κ2) is 8.93. The first-order valence-electron chi connectivity index (χ1n) is 8.02. The number of nitrogens with one attached hydrogen (secondary N) is 1. The molecule has 1 unspecified atom stereocenters. The minimum Gasteiger partial charge on any atom is -0.305 e. The molecule has 0 aliphatic carbocycles. The fraction of sp³-hybridized carbons (Fsp3) is 0.143. The van der Waals surface area contributed by atoms with Gasteiger partial charge in [-0.25, -0.2) is 0 Å². The van der Waals surface area contributed by atoms with Gasteiger partial charge >= 0.3 is 0 Å². The molecule has 3 rings (SSSR count). The van der Waals surface area contributed by atoms with Gasteiger partial charge in [0.05, 0.1) is 0 Å². The third-order valence-corrected chi connectivity index (χ3v) is 5.19. The van der Waals surface area contributed by atoms with Gasteiger partial charge in [0.1, 0.15) is 0 Å². The van der Waals surface area contributed by atoms with Gasteiger partial charge in [0.25, 0.3) is 0 Å². The van der Waals surface area contributed by atoms with Crippen LogP contribution in [0.25, 0.3) is 0 Å². The minimum absolute atomic E-state index is 0.298. The lowest BCUT2D eigenvalue weighted by Gasteiger charge is -2.19. The minimum atomic E-state index is 0.298. The fourth-order valence-electron chi connectivity index (χ4n) is 2.51. The summed E-state index contributed by atoms with van der Waals surface area (Å²) in [6.07, 6.45) is 0. The summed E-state index contributed by atoms with van der Waals surface area (Å²) in [6, 6.07) is 29.5. The normalized spacial score (nSPS) is 12.0. The molecule has 0 bridgehead atoms. The van der Waals surface area contributed by atoms with Gasteiger partial charge < -0.3 is 5.32 Å². The number of rotatable bonds is 7. The van der Waals surface area contributed by atoms with Crippen LogP contribution in [0.5, 0.6) is 0 Å². The molecule has 0 radical (unpaired) electrons. The highest BCUT2D eigenvalue weighted by Crippen LogP contribution is 2.26. The lowest BCUT2D eigenvalue weighted by Crippen LogP contribution is -2.23. The van der Waals surface area contributed by atoms with Crippen LogP contribution < -0.4 is 5.32 Å². The highest BCUT2D eigenvalue weighted by molar-refractivity contribution is 7.99. The Hall–Kier alpha value is -1.74. The SMILES string of the molecule is Clc1ccc(SCC(NCc2ccccc2)c2ccccc2)cc1. The molecule has 0 aliphatic heterocycles. The summed E-state index contributed by atoms with van der Waals surface area (Å²) in [5, 5.41) is 4.47. The van der Waals surface area contributed by atoms with E-state index < -0.39 is 0 Å². The Morgan fingerprint density at radius 1 is 0.792 bits per heavy atom. The van der Waals surface area contributed by atoms with E-state index in [2.05, 4.69) is 78.1 Å². The fourth-order valence-corrected chi connectivity index (χ4v) is 3.63. The number of benzene rings is 3. The highest BCUT2D eigenvalue weighted by Gasteiger charge is 2.11. The van der Waals surface area contributed by atoms with Crippen LogP contribution >= 0.6 is 23.4 Å². The van der Waals surface area contributed by atoms with Crippen LogP contribution in [0.2, 0.25) is 5.02 Å². The summed E-state index contributed by atoms with van der Waals surface area (Å²) >= 11 is 7.81. The van der Waals surface area contributed by atoms with E-state index in [1.807, 2.05) is 23.9 Å². The molecule has 0 aliphatic rings. The third kappa shape index (κ3) is 5.13. The van der Waals surface area contributed by atoms with E-state index in [1.54, 1.807) is 0 Å². The molecule has 0 aromatic heterocycles. The van der Waals surface area contributed by atoms with Crippen molar-refractivity contribution in [2.24, 2.45) is 0 Å². The molecular formula is C21H20ClNS. The third-order valence-electron chi connectivity index (χ3n) is 3.83. The number of hydrogen-bond acceptors (Lipinski definition) is 2. The van der Waals surface area contributed by atoms with Gasteiger partial charge in [0, 0.05) is 28.3 Å². The van der Waals surface area contributed by atoms with Crippen molar-refractivity contribution in [3.8, 4) is 0 Å². The molecule has 24 heavy (non-hydrogen) atoms. The zero-order valence-electron chi connectivity index (χ0n) is 13.4. The van der Waals surface area contributed by atoms with Crippen molar-refractivity contribution < 1.29 is 0 Å². The molecular weight excluding hydrogens is 334 g/mol. The van der Waals surface area contributed by atoms with Crippen LogP contribution in [0.4, 0.5) is 0 Å². The lowest BCUT2D eigenvalue weighted by molar-refractivity contribution is 0.582. The Bertz CT molecular complexity index is 729. The average Bonchev–Trinajstić information content (AvgIpc) is 2.65. The first-order chi connectivity index (χ1) is 11.8. The zero-order chi connectivity index (χ0) is 16.6. The second-order valence-corrected chi connectivity index (χ2v) is 7.12. The molecule has 0 heterocycles. The Morgan fingerprint density at radius 3 is 2.08 bits per heavy atom. The van der Waals surface area contributed by atoms with E-state index in [1.165, 1.54) is 16.0 Å². The Labute approximate surface area is 153 Å². The first-order valence-corrected chi connectivity index (χ1v) is 9.38. The van der Waals surface area contributed by atoms with Gasteiger partial charge in [0.2, 0.25) is 0 Å². The molecule has 3 aromatic rings. The van der Waals surface area contributed by atoms with Crippen LogP contribution in [-0.4, -0.2) is 5.75 Å². The molecule has 0 saturated carbocycles. The van der Waals surface area contributed by atoms with E-state index in [0.717, 1.165) is 17.3 Å². The standard InChI is InChI=1S/C21H20ClNS/c22-19-11-13-20(14-12-19)24-16-21(18-9-5-2-6-10-18)23-15-17-7-3-1-4-8-17/h1-14,21,23H,15-16H2. The van der Waals surface area contributed by atoms with E-state index in [-0.39, 0.29) is 0 Å². The predicted octanol–water partition coefficient (Wildman–Crippen LogP) is 5.96. The molecule has 0 amide bonds. The van der Waals surface area contributed by atoms with Crippen molar-refractivity contribution in [3.63, 3.8) is 0 Å². The summed E-state index contributed by atoms with van der Waals surface area (Å²) in [7, 11) is 0. The number of hydrogen-bond donors (Lipinski definition) is 1. The monoisotopic (exact) mass is 353 g/mol. The van der Waals surface area contributed by atoms with Gasteiger partial charge in [0.15, 0.2) is 0 Å². The van der Waals surface area contributed by atoms with E-state index >= 15 is 0 Å². The van der Waals surface area contributed by atoms with Gasteiger partial charge in [-0.1, -0.05) is 72.3 Å². The average molecular weight is 354 g/mol. The first kappa shape index (κ1) is 17.1. The van der Waals surface area contributed by atoms with Crippen molar-refractivity contribution in [3.05, 3.63) is 101 Å². The topological polar surface area (TPSA) is 12.0 Å². The molecule has 0 fully saturated rings. The smallest absolute Gasteiger partial charge is 0.0417 e. The van der Waals surface area contributed by atoms with Crippen molar-refractivity contribution in [1.29, 1.82) is 0 Å². The van der Waals surface area contributed by atoms with Crippen molar-refractivity contribution >= 4 is 23.4 Å². The van der Waals surface area contributed by atoms with E-state index in [4.69, 9.17) is 11.6 Å². The molecule has 1 nitrogen and oxygen atoms in total. The predicted molar refractivity (Wildman–Crippen MR) is 105 cm³/mol.